The van der Waals surface area contributed by atoms with Gasteiger partial charge in [-0.05, 0) is 78.4 Å². The number of benzene rings is 6. The van der Waals surface area contributed by atoms with Crippen LogP contribution in [-0.2, 0) is 16.2 Å². The smallest absolute Gasteiger partial charge is 0.160 e. The van der Waals surface area contributed by atoms with E-state index in [1.807, 2.05) is 0 Å². The van der Waals surface area contributed by atoms with Gasteiger partial charge in [0.2, 0.25) is 0 Å². The highest BCUT2D eigenvalue weighted by Gasteiger charge is 2.40. The third-order valence-electron chi connectivity index (χ3n) is 12.4. The second kappa shape index (κ2) is 10.3. The molecule has 1 unspecified atom stereocenters. The van der Waals surface area contributed by atoms with Crippen molar-refractivity contribution in [1.29, 1.82) is 0 Å². The van der Waals surface area contributed by atoms with Crippen LogP contribution in [0.2, 0.25) is 0 Å². The van der Waals surface area contributed by atoms with E-state index in [2.05, 4.69) is 174 Å². The minimum Gasteiger partial charge on any atom is -0.344 e. The molecular formula is C48H41N3. The fraction of sp³-hybridized carbons (Fsp3) is 0.208. The summed E-state index contributed by atoms with van der Waals surface area (Å²) in [6.07, 6.45) is -0.309. The van der Waals surface area contributed by atoms with Crippen LogP contribution in [0.5, 0.6) is 0 Å². The third kappa shape index (κ3) is 4.12. The zero-order chi connectivity index (χ0) is 34.9. The molecule has 0 spiro atoms. The maximum Gasteiger partial charge on any atom is 0.160 e. The van der Waals surface area contributed by atoms with Crippen molar-refractivity contribution in [1.82, 2.24) is 5.32 Å². The lowest BCUT2D eigenvalue weighted by Gasteiger charge is -2.27. The number of nitrogens with one attached hydrogen (secondary N) is 1. The van der Waals surface area contributed by atoms with Crippen LogP contribution in [0.15, 0.2) is 137 Å². The van der Waals surface area contributed by atoms with Crippen molar-refractivity contribution in [2.24, 2.45) is 9.98 Å². The van der Waals surface area contributed by atoms with Crippen LogP contribution >= 0.6 is 0 Å². The monoisotopic (exact) mass is 659 g/mol. The van der Waals surface area contributed by atoms with Crippen molar-refractivity contribution in [2.45, 2.75) is 64.0 Å². The van der Waals surface area contributed by atoms with Gasteiger partial charge in [0, 0.05) is 27.4 Å². The lowest BCUT2D eigenvalue weighted by atomic mass is 9.81. The van der Waals surface area contributed by atoms with Gasteiger partial charge < -0.3 is 5.32 Å². The van der Waals surface area contributed by atoms with Gasteiger partial charge in [-0.1, -0.05) is 163 Å². The molecule has 248 valence electrons. The summed E-state index contributed by atoms with van der Waals surface area (Å²) in [5.74, 6) is 1.62. The number of aliphatic imine (C=N–C) groups is 2. The summed E-state index contributed by atoms with van der Waals surface area (Å²) < 4.78 is 0. The maximum atomic E-state index is 5.47. The first-order valence-corrected chi connectivity index (χ1v) is 18.2. The van der Waals surface area contributed by atoms with E-state index in [0.717, 1.165) is 28.4 Å². The SMILES string of the molecule is CC1(C)c2ccccc2-c2ccc(C3=NC(c4cccc5c4-c4ccccc4C5(C)C)=NC(c4ccc5c(c4)C(C)(C)c4ccccc4-5)N3)cc21. The van der Waals surface area contributed by atoms with Gasteiger partial charge >= 0.3 is 0 Å². The average molecular weight is 660 g/mol. The number of hydrogen-bond donors (Lipinski definition) is 1. The molecule has 6 aromatic carbocycles. The summed E-state index contributed by atoms with van der Waals surface area (Å²) in [4.78, 5) is 10.9. The standard InChI is InChI=1S/C48H41N3/c1-46(2)38-20-12-9-16-34(38)42-35(17-13-21-39(42)46)45-50-43(28-22-24-32-30-14-7-10-18-36(30)47(3,4)40(32)26-28)49-44(51-45)29-23-25-33-31-15-8-11-19-37(31)48(5,6)41(33)27-29/h7-27,43H,1-6H3,(H,49,50,51). The van der Waals surface area contributed by atoms with E-state index in [1.54, 1.807) is 0 Å². The van der Waals surface area contributed by atoms with Crippen LogP contribution in [-0.4, -0.2) is 11.7 Å². The predicted octanol–water partition coefficient (Wildman–Crippen LogP) is 11.1. The number of hydrogen-bond acceptors (Lipinski definition) is 3. The van der Waals surface area contributed by atoms with Crippen molar-refractivity contribution >= 4 is 11.7 Å². The Kier molecular flexibility index (Phi) is 6.10. The van der Waals surface area contributed by atoms with E-state index in [0.29, 0.717) is 0 Å². The molecule has 1 heterocycles. The number of amidine groups is 2. The average Bonchev–Trinajstić information content (AvgIpc) is 3.64. The second-order valence-corrected chi connectivity index (χ2v) is 16.3. The number of nitrogens with zero attached hydrogens (tertiary/aromatic N) is 2. The minimum absolute atomic E-state index is 0.101. The van der Waals surface area contributed by atoms with Crippen molar-refractivity contribution in [3.63, 3.8) is 0 Å². The molecule has 0 saturated carbocycles. The summed E-state index contributed by atoms with van der Waals surface area (Å²) in [6.45, 7) is 14.0. The van der Waals surface area contributed by atoms with Crippen molar-refractivity contribution in [2.75, 3.05) is 0 Å². The molecule has 0 fully saturated rings. The molecule has 0 aromatic heterocycles. The Hall–Kier alpha value is -5.54. The summed E-state index contributed by atoms with van der Waals surface area (Å²) in [7, 11) is 0. The van der Waals surface area contributed by atoms with Crippen LogP contribution in [0.4, 0.5) is 0 Å². The van der Waals surface area contributed by atoms with Crippen LogP contribution in [0.25, 0.3) is 33.4 Å². The normalized spacial score (nSPS) is 19.1. The van der Waals surface area contributed by atoms with Gasteiger partial charge in [-0.15, -0.1) is 0 Å². The summed E-state index contributed by atoms with van der Waals surface area (Å²) in [5, 5.41) is 3.83. The van der Waals surface area contributed by atoms with Gasteiger partial charge in [0.05, 0.1) is 0 Å². The summed E-state index contributed by atoms with van der Waals surface area (Å²) in [5.41, 5.74) is 18.9. The second-order valence-electron chi connectivity index (χ2n) is 16.3. The molecule has 1 aliphatic heterocycles. The molecular weight excluding hydrogens is 619 g/mol. The topological polar surface area (TPSA) is 36.8 Å². The van der Waals surface area contributed by atoms with Crippen LogP contribution in [0.3, 0.4) is 0 Å². The Morgan fingerprint density at radius 2 is 0.941 bits per heavy atom. The maximum absolute atomic E-state index is 5.47. The predicted molar refractivity (Wildman–Crippen MR) is 211 cm³/mol. The van der Waals surface area contributed by atoms with Crippen LogP contribution < -0.4 is 5.32 Å². The first-order chi connectivity index (χ1) is 24.5. The Labute approximate surface area is 300 Å². The minimum atomic E-state index is -0.309. The van der Waals surface area contributed by atoms with E-state index >= 15 is 0 Å². The molecule has 0 bridgehead atoms. The first kappa shape index (κ1) is 30.3. The molecule has 1 N–H and O–H groups in total. The number of rotatable bonds is 3. The van der Waals surface area contributed by atoms with Crippen molar-refractivity contribution in [3.8, 4) is 33.4 Å². The van der Waals surface area contributed by atoms with E-state index in [4.69, 9.17) is 9.98 Å². The highest BCUT2D eigenvalue weighted by atomic mass is 15.2. The van der Waals surface area contributed by atoms with E-state index in [-0.39, 0.29) is 22.4 Å². The van der Waals surface area contributed by atoms with Gasteiger partial charge in [-0.3, -0.25) is 0 Å². The van der Waals surface area contributed by atoms with E-state index in [9.17, 15) is 0 Å². The quantitative estimate of drug-likeness (QED) is 0.202. The molecule has 3 aliphatic carbocycles. The highest BCUT2D eigenvalue weighted by molar-refractivity contribution is 6.16. The molecule has 0 amide bonds. The Morgan fingerprint density at radius 1 is 0.451 bits per heavy atom. The summed E-state index contributed by atoms with van der Waals surface area (Å²) in [6, 6.07) is 47.0. The van der Waals surface area contributed by atoms with Crippen molar-refractivity contribution < 1.29 is 0 Å². The lowest BCUT2D eigenvalue weighted by Crippen LogP contribution is -2.34. The Balaban J connectivity index is 1.15. The fourth-order valence-electron chi connectivity index (χ4n) is 9.57. The molecule has 10 rings (SSSR count). The van der Waals surface area contributed by atoms with E-state index in [1.165, 1.54) is 66.8 Å². The Bertz CT molecular complexity index is 2540. The third-order valence-corrected chi connectivity index (χ3v) is 12.4. The van der Waals surface area contributed by atoms with Gasteiger partial charge in [-0.25, -0.2) is 9.98 Å². The van der Waals surface area contributed by atoms with E-state index < -0.39 is 0 Å². The van der Waals surface area contributed by atoms with Gasteiger partial charge in [-0.2, -0.15) is 0 Å². The van der Waals surface area contributed by atoms with Crippen molar-refractivity contribution in [3.05, 3.63) is 177 Å². The highest BCUT2D eigenvalue weighted by Crippen LogP contribution is 2.52. The van der Waals surface area contributed by atoms with Gasteiger partial charge in [0.15, 0.2) is 5.84 Å². The summed E-state index contributed by atoms with van der Waals surface area (Å²) >= 11 is 0. The van der Waals surface area contributed by atoms with Crippen LogP contribution in [0.1, 0.15) is 97.8 Å². The zero-order valence-corrected chi connectivity index (χ0v) is 30.1. The van der Waals surface area contributed by atoms with Gasteiger partial charge in [0.25, 0.3) is 0 Å². The molecule has 51 heavy (non-hydrogen) atoms. The molecule has 0 radical (unpaired) electrons. The fourth-order valence-corrected chi connectivity index (χ4v) is 9.57. The lowest BCUT2D eigenvalue weighted by molar-refractivity contribution is 0.645. The van der Waals surface area contributed by atoms with Crippen LogP contribution in [0, 0.1) is 0 Å². The molecule has 0 saturated heterocycles. The Morgan fingerprint density at radius 3 is 1.61 bits per heavy atom. The molecule has 4 aliphatic rings. The zero-order valence-electron chi connectivity index (χ0n) is 30.1. The molecule has 1 atom stereocenters. The van der Waals surface area contributed by atoms with Gasteiger partial charge in [0.1, 0.15) is 12.0 Å². The molecule has 6 aromatic rings. The molecule has 3 nitrogen and oxygen atoms in total. The first-order valence-electron chi connectivity index (χ1n) is 18.2. The largest absolute Gasteiger partial charge is 0.344 e. The number of fused-ring (bicyclic) bond motifs is 9. The molecule has 3 heteroatoms.